The number of aryl methyl sites for hydroxylation is 1. The van der Waals surface area contributed by atoms with Crippen LogP contribution in [-0.2, 0) is 9.59 Å². The van der Waals surface area contributed by atoms with Crippen LogP contribution in [0.5, 0.6) is 5.75 Å². The van der Waals surface area contributed by atoms with Crippen LogP contribution >= 0.6 is 0 Å². The van der Waals surface area contributed by atoms with Crippen LogP contribution in [0.25, 0.3) is 0 Å². The highest BCUT2D eigenvalue weighted by molar-refractivity contribution is 5.98. The number of hydrogen-bond donors (Lipinski definition) is 0. The van der Waals surface area contributed by atoms with Gasteiger partial charge in [-0.1, -0.05) is 12.1 Å². The maximum absolute atomic E-state index is 12.9. The molecule has 27 heavy (non-hydrogen) atoms. The van der Waals surface area contributed by atoms with Crippen LogP contribution in [0, 0.1) is 17.0 Å². The number of nitrogens with zero attached hydrogens (tertiary/aromatic N) is 3. The molecule has 0 aromatic heterocycles. The summed E-state index contributed by atoms with van der Waals surface area (Å²) in [4.78, 5) is 38.3. The molecule has 0 bridgehead atoms. The molecule has 0 spiro atoms. The van der Waals surface area contributed by atoms with Gasteiger partial charge in [0.1, 0.15) is 6.54 Å². The monoisotopic (exact) mass is 369 g/mol. The molecule has 8 nitrogen and oxygen atoms in total. The number of fused-ring (bicyclic) bond motifs is 1. The third-order valence-electron chi connectivity index (χ3n) is 4.30. The van der Waals surface area contributed by atoms with Gasteiger partial charge in [0.05, 0.1) is 23.2 Å². The van der Waals surface area contributed by atoms with Crippen molar-refractivity contribution >= 4 is 28.9 Å². The average molecular weight is 369 g/mol. The van der Waals surface area contributed by atoms with Crippen LogP contribution in [0.3, 0.4) is 0 Å². The zero-order chi connectivity index (χ0) is 19.6. The van der Waals surface area contributed by atoms with Gasteiger partial charge in [0, 0.05) is 18.3 Å². The second kappa shape index (κ2) is 7.45. The average Bonchev–Trinajstić information content (AvgIpc) is 2.61. The first-order valence-electron chi connectivity index (χ1n) is 8.50. The lowest BCUT2D eigenvalue weighted by Crippen LogP contribution is -2.45. The van der Waals surface area contributed by atoms with E-state index in [2.05, 4.69) is 0 Å². The number of nitro groups is 1. The zero-order valence-electron chi connectivity index (χ0n) is 15.0. The first kappa shape index (κ1) is 18.4. The fraction of sp³-hybridized carbons (Fsp3) is 0.263. The predicted molar refractivity (Wildman–Crippen MR) is 100 cm³/mol. The maximum Gasteiger partial charge on any atom is 0.331 e. The van der Waals surface area contributed by atoms with E-state index in [1.165, 1.54) is 18.2 Å². The van der Waals surface area contributed by atoms with Crippen molar-refractivity contribution in [2.75, 3.05) is 29.4 Å². The van der Waals surface area contributed by atoms with Crippen LogP contribution < -0.4 is 14.5 Å². The summed E-state index contributed by atoms with van der Waals surface area (Å²) in [7, 11) is 0. The molecule has 1 heterocycles. The van der Waals surface area contributed by atoms with Crippen molar-refractivity contribution in [1.29, 1.82) is 0 Å². The SMILES string of the molecule is CCN(C(=O)CN1CC(=O)Oc2cc([N+](=O)[O-])ccc21)c1cccc(C)c1. The first-order valence-corrected chi connectivity index (χ1v) is 8.50. The Hall–Kier alpha value is -3.42. The summed E-state index contributed by atoms with van der Waals surface area (Å²) < 4.78 is 5.11. The maximum atomic E-state index is 12.9. The third-order valence-corrected chi connectivity index (χ3v) is 4.30. The van der Waals surface area contributed by atoms with E-state index in [1.807, 2.05) is 38.1 Å². The van der Waals surface area contributed by atoms with Crippen molar-refractivity contribution in [3.05, 3.63) is 58.1 Å². The van der Waals surface area contributed by atoms with Crippen LogP contribution in [0.2, 0.25) is 0 Å². The van der Waals surface area contributed by atoms with Crippen molar-refractivity contribution in [3.63, 3.8) is 0 Å². The Kier molecular flexibility index (Phi) is 5.07. The fourth-order valence-electron chi connectivity index (χ4n) is 3.04. The molecule has 0 saturated carbocycles. The lowest BCUT2D eigenvalue weighted by molar-refractivity contribution is -0.384. The normalized spacial score (nSPS) is 13.0. The Morgan fingerprint density at radius 1 is 1.30 bits per heavy atom. The summed E-state index contributed by atoms with van der Waals surface area (Å²) in [6, 6.07) is 11.6. The Labute approximate surface area is 156 Å². The van der Waals surface area contributed by atoms with Gasteiger partial charge in [-0.05, 0) is 37.6 Å². The number of hydrogen-bond acceptors (Lipinski definition) is 6. The Bertz CT molecular complexity index is 912. The van der Waals surface area contributed by atoms with Gasteiger partial charge < -0.3 is 14.5 Å². The zero-order valence-corrected chi connectivity index (χ0v) is 15.0. The van der Waals surface area contributed by atoms with Gasteiger partial charge in [-0.2, -0.15) is 0 Å². The van der Waals surface area contributed by atoms with Crippen molar-refractivity contribution in [3.8, 4) is 5.75 Å². The highest BCUT2D eigenvalue weighted by Gasteiger charge is 2.29. The van der Waals surface area contributed by atoms with Crippen LogP contribution in [0.4, 0.5) is 17.1 Å². The van der Waals surface area contributed by atoms with Crippen LogP contribution in [0.1, 0.15) is 12.5 Å². The quantitative estimate of drug-likeness (QED) is 0.348. The lowest BCUT2D eigenvalue weighted by Gasteiger charge is -2.31. The minimum absolute atomic E-state index is 0.0400. The van der Waals surface area contributed by atoms with Gasteiger partial charge >= 0.3 is 5.97 Å². The molecule has 0 aliphatic carbocycles. The summed E-state index contributed by atoms with van der Waals surface area (Å²) >= 11 is 0. The third kappa shape index (κ3) is 3.89. The Morgan fingerprint density at radius 2 is 2.07 bits per heavy atom. The minimum Gasteiger partial charge on any atom is -0.423 e. The number of carbonyl (C=O) groups excluding carboxylic acids is 2. The molecule has 1 aliphatic rings. The number of amides is 1. The van der Waals surface area contributed by atoms with Gasteiger partial charge in [0.2, 0.25) is 5.91 Å². The number of rotatable bonds is 5. The molecular formula is C19H19N3O5. The Morgan fingerprint density at radius 3 is 2.74 bits per heavy atom. The molecule has 0 atom stereocenters. The van der Waals surface area contributed by atoms with Crippen LogP contribution in [0.15, 0.2) is 42.5 Å². The molecule has 1 amide bonds. The number of anilines is 2. The highest BCUT2D eigenvalue weighted by Crippen LogP contribution is 2.35. The molecule has 0 fully saturated rings. The van der Waals surface area contributed by atoms with Crippen molar-refractivity contribution < 1.29 is 19.2 Å². The molecule has 0 N–H and O–H groups in total. The van der Waals surface area contributed by atoms with E-state index in [4.69, 9.17) is 4.74 Å². The fourth-order valence-corrected chi connectivity index (χ4v) is 3.04. The summed E-state index contributed by atoms with van der Waals surface area (Å²) in [5, 5.41) is 10.9. The number of non-ortho nitro benzene ring substituents is 1. The van der Waals surface area contributed by atoms with Gasteiger partial charge in [-0.25, -0.2) is 4.79 Å². The van der Waals surface area contributed by atoms with Gasteiger partial charge in [-0.3, -0.25) is 14.9 Å². The summed E-state index contributed by atoms with van der Waals surface area (Å²) in [5.74, 6) is -0.650. The van der Waals surface area contributed by atoms with E-state index in [0.29, 0.717) is 12.2 Å². The predicted octanol–water partition coefficient (Wildman–Crippen LogP) is 2.68. The second-order valence-electron chi connectivity index (χ2n) is 6.22. The number of ether oxygens (including phenoxy) is 1. The molecular weight excluding hydrogens is 350 g/mol. The van der Waals surface area contributed by atoms with Crippen LogP contribution in [-0.4, -0.2) is 36.4 Å². The molecule has 2 aromatic carbocycles. The van der Waals surface area contributed by atoms with Crippen molar-refractivity contribution in [2.24, 2.45) is 0 Å². The summed E-state index contributed by atoms with van der Waals surface area (Å²) in [6.07, 6.45) is 0. The van der Waals surface area contributed by atoms with E-state index in [9.17, 15) is 19.7 Å². The minimum atomic E-state index is -0.561. The molecule has 0 unspecified atom stereocenters. The number of esters is 1. The van der Waals surface area contributed by atoms with Gasteiger partial charge in [-0.15, -0.1) is 0 Å². The molecule has 0 saturated heterocycles. The largest absolute Gasteiger partial charge is 0.423 e. The van der Waals surface area contributed by atoms with Crippen molar-refractivity contribution in [1.82, 2.24) is 0 Å². The number of likely N-dealkylation sites (N-methyl/N-ethyl adjacent to an activating group) is 1. The smallest absolute Gasteiger partial charge is 0.331 e. The topological polar surface area (TPSA) is 93.0 Å². The van der Waals surface area contributed by atoms with Gasteiger partial charge in [0.25, 0.3) is 5.69 Å². The number of benzene rings is 2. The molecule has 8 heteroatoms. The molecule has 2 aromatic rings. The molecule has 3 rings (SSSR count). The number of carbonyl (C=O) groups is 2. The Balaban J connectivity index is 1.86. The molecule has 0 radical (unpaired) electrons. The molecule has 140 valence electrons. The first-order chi connectivity index (χ1) is 12.9. The standard InChI is InChI=1S/C19H19N3O5/c1-3-21(14-6-4-5-13(2)9-14)18(23)11-20-12-19(24)27-17-10-15(22(25)26)7-8-16(17)20/h4-10H,3,11-12H2,1-2H3. The van der Waals surface area contributed by atoms with E-state index in [0.717, 1.165) is 11.3 Å². The van der Waals surface area contributed by atoms with E-state index < -0.39 is 10.9 Å². The second-order valence-corrected chi connectivity index (χ2v) is 6.22. The molecule has 1 aliphatic heterocycles. The van der Waals surface area contributed by atoms with E-state index in [-0.39, 0.29) is 30.4 Å². The number of nitro benzene ring substituents is 1. The highest BCUT2D eigenvalue weighted by atomic mass is 16.6. The lowest BCUT2D eigenvalue weighted by atomic mass is 10.2. The van der Waals surface area contributed by atoms with Gasteiger partial charge in [0.15, 0.2) is 5.75 Å². The van der Waals surface area contributed by atoms with E-state index >= 15 is 0 Å². The van der Waals surface area contributed by atoms with Crippen molar-refractivity contribution in [2.45, 2.75) is 13.8 Å². The summed E-state index contributed by atoms with van der Waals surface area (Å²) in [5.41, 5.74) is 2.13. The summed E-state index contributed by atoms with van der Waals surface area (Å²) in [6.45, 7) is 4.17. The van der Waals surface area contributed by atoms with E-state index in [1.54, 1.807) is 9.80 Å².